The molecule has 1 aliphatic rings. The molecule has 0 amide bonds. The molecule has 1 N–H and O–H groups in total. The first-order chi connectivity index (χ1) is 9.85. The van der Waals surface area contributed by atoms with Gasteiger partial charge in [-0.3, -0.25) is 4.72 Å². The highest BCUT2D eigenvalue weighted by Gasteiger charge is 2.24. The summed E-state index contributed by atoms with van der Waals surface area (Å²) < 4.78 is 28.9. The Morgan fingerprint density at radius 2 is 2.19 bits per heavy atom. The summed E-state index contributed by atoms with van der Waals surface area (Å²) >= 11 is 1.44. The van der Waals surface area contributed by atoms with Crippen LogP contribution in [0.25, 0.3) is 0 Å². The maximum Gasteiger partial charge on any atom is 0.282 e. The van der Waals surface area contributed by atoms with Crippen LogP contribution < -0.4 is 4.72 Å². The van der Waals surface area contributed by atoms with Crippen molar-refractivity contribution in [3.63, 3.8) is 0 Å². The molecule has 1 unspecified atom stereocenters. The standard InChI is InChI=1S/C13H18N4O2S2/c1-8-4-5-10-11(6-8)20-13(15-10)16-21(18,19)12-7-17(3)9(2)14-12/h7-8H,4-6H2,1-3H3,(H,15,16). The summed E-state index contributed by atoms with van der Waals surface area (Å²) in [7, 11) is -1.89. The van der Waals surface area contributed by atoms with E-state index in [-0.39, 0.29) is 5.03 Å². The Bertz CT molecular complexity index is 757. The number of imidazole rings is 1. The van der Waals surface area contributed by atoms with Crippen molar-refractivity contribution in [2.24, 2.45) is 13.0 Å². The van der Waals surface area contributed by atoms with Crippen LogP contribution in [0.3, 0.4) is 0 Å². The number of hydrogen-bond acceptors (Lipinski definition) is 5. The van der Waals surface area contributed by atoms with Crippen LogP contribution in [0.4, 0.5) is 5.13 Å². The van der Waals surface area contributed by atoms with Crippen molar-refractivity contribution >= 4 is 26.5 Å². The number of nitrogens with one attached hydrogen (secondary N) is 1. The van der Waals surface area contributed by atoms with Gasteiger partial charge in [0.25, 0.3) is 10.0 Å². The molecule has 0 radical (unpaired) electrons. The van der Waals surface area contributed by atoms with Crippen molar-refractivity contribution in [3.05, 3.63) is 22.6 Å². The SMILES string of the molecule is Cc1nc(S(=O)(=O)Nc2nc3c(s2)CC(C)CC3)cn1C. The van der Waals surface area contributed by atoms with Gasteiger partial charge in [0.05, 0.1) is 5.69 Å². The summed E-state index contributed by atoms with van der Waals surface area (Å²) in [5.41, 5.74) is 1.04. The van der Waals surface area contributed by atoms with Gasteiger partial charge in [0.2, 0.25) is 0 Å². The summed E-state index contributed by atoms with van der Waals surface area (Å²) in [6, 6.07) is 0. The number of fused-ring (bicyclic) bond motifs is 1. The quantitative estimate of drug-likeness (QED) is 0.937. The number of aryl methyl sites for hydroxylation is 3. The second-order valence-corrected chi connectivity index (χ2v) is 8.29. The van der Waals surface area contributed by atoms with Gasteiger partial charge in [-0.2, -0.15) is 8.42 Å². The predicted octanol–water partition coefficient (Wildman–Crippen LogP) is 2.11. The van der Waals surface area contributed by atoms with E-state index < -0.39 is 10.0 Å². The Balaban J connectivity index is 1.86. The van der Waals surface area contributed by atoms with Gasteiger partial charge in [0, 0.05) is 18.1 Å². The van der Waals surface area contributed by atoms with Crippen molar-refractivity contribution in [1.82, 2.24) is 14.5 Å². The number of aromatic nitrogens is 3. The Labute approximate surface area is 128 Å². The van der Waals surface area contributed by atoms with Gasteiger partial charge in [-0.15, -0.1) is 11.3 Å². The average Bonchev–Trinajstić information content (AvgIpc) is 2.92. The van der Waals surface area contributed by atoms with Crippen LogP contribution in [0.5, 0.6) is 0 Å². The molecule has 0 saturated heterocycles. The molecule has 114 valence electrons. The molecule has 1 aliphatic carbocycles. The Kier molecular flexibility index (Phi) is 3.53. The smallest absolute Gasteiger partial charge is 0.282 e. The molecule has 0 bridgehead atoms. The summed E-state index contributed by atoms with van der Waals surface area (Å²) in [4.78, 5) is 9.68. The molecular formula is C13H18N4O2S2. The zero-order chi connectivity index (χ0) is 15.2. The van der Waals surface area contributed by atoms with Gasteiger partial charge in [-0.05, 0) is 32.1 Å². The van der Waals surface area contributed by atoms with Crippen LogP contribution in [-0.4, -0.2) is 23.0 Å². The van der Waals surface area contributed by atoms with Crippen molar-refractivity contribution in [2.75, 3.05) is 4.72 Å². The van der Waals surface area contributed by atoms with E-state index in [4.69, 9.17) is 0 Å². The number of nitrogens with zero attached hydrogens (tertiary/aromatic N) is 3. The molecule has 0 aromatic carbocycles. The Morgan fingerprint density at radius 1 is 1.43 bits per heavy atom. The first kappa shape index (κ1) is 14.5. The minimum Gasteiger partial charge on any atom is -0.337 e. The first-order valence-corrected chi connectivity index (χ1v) is 9.16. The monoisotopic (exact) mass is 326 g/mol. The third kappa shape index (κ3) is 2.82. The number of anilines is 1. The van der Waals surface area contributed by atoms with Gasteiger partial charge >= 0.3 is 0 Å². The van der Waals surface area contributed by atoms with E-state index in [1.807, 2.05) is 0 Å². The Hall–Kier alpha value is -1.41. The number of thiazole rings is 1. The highest BCUT2D eigenvalue weighted by molar-refractivity contribution is 7.92. The highest BCUT2D eigenvalue weighted by Crippen LogP contribution is 2.32. The van der Waals surface area contributed by atoms with E-state index in [0.717, 1.165) is 25.0 Å². The van der Waals surface area contributed by atoms with Gasteiger partial charge < -0.3 is 4.57 Å². The lowest BCUT2D eigenvalue weighted by Crippen LogP contribution is -2.13. The Morgan fingerprint density at radius 3 is 2.86 bits per heavy atom. The van der Waals surface area contributed by atoms with E-state index in [0.29, 0.717) is 16.9 Å². The van der Waals surface area contributed by atoms with Crippen LogP contribution in [0, 0.1) is 12.8 Å². The summed E-state index contributed by atoms with van der Waals surface area (Å²) in [6.45, 7) is 3.98. The normalized spacial score (nSPS) is 18.5. The summed E-state index contributed by atoms with van der Waals surface area (Å²) in [6.07, 6.45) is 4.53. The lowest BCUT2D eigenvalue weighted by molar-refractivity contribution is 0.502. The van der Waals surface area contributed by atoms with Crippen LogP contribution in [-0.2, 0) is 29.9 Å². The second-order valence-electron chi connectivity index (χ2n) is 5.58. The van der Waals surface area contributed by atoms with Crippen molar-refractivity contribution in [1.29, 1.82) is 0 Å². The fourth-order valence-electron chi connectivity index (χ4n) is 2.41. The molecule has 0 spiro atoms. The molecule has 0 fully saturated rings. The summed E-state index contributed by atoms with van der Waals surface area (Å²) in [5, 5.41) is 0.474. The molecule has 1 atom stereocenters. The third-order valence-corrected chi connectivity index (χ3v) is 6.14. The van der Waals surface area contributed by atoms with E-state index in [1.165, 1.54) is 22.4 Å². The molecule has 0 aliphatic heterocycles. The molecule has 21 heavy (non-hydrogen) atoms. The van der Waals surface area contributed by atoms with E-state index in [2.05, 4.69) is 21.6 Å². The highest BCUT2D eigenvalue weighted by atomic mass is 32.2. The largest absolute Gasteiger partial charge is 0.337 e. The van der Waals surface area contributed by atoms with Gasteiger partial charge in [0.15, 0.2) is 10.2 Å². The van der Waals surface area contributed by atoms with Crippen LogP contribution >= 0.6 is 11.3 Å². The summed E-state index contributed by atoms with van der Waals surface area (Å²) in [5.74, 6) is 1.29. The lowest BCUT2D eigenvalue weighted by atomic mass is 9.93. The number of sulfonamides is 1. The van der Waals surface area contributed by atoms with Gasteiger partial charge in [0.1, 0.15) is 5.82 Å². The molecule has 2 aromatic rings. The maximum absolute atomic E-state index is 12.3. The van der Waals surface area contributed by atoms with Crippen molar-refractivity contribution < 1.29 is 8.42 Å². The maximum atomic E-state index is 12.3. The lowest BCUT2D eigenvalue weighted by Gasteiger charge is -2.15. The molecule has 6 nitrogen and oxygen atoms in total. The minimum absolute atomic E-state index is 0.0315. The van der Waals surface area contributed by atoms with Crippen molar-refractivity contribution in [2.45, 2.75) is 38.1 Å². The first-order valence-electron chi connectivity index (χ1n) is 6.86. The fraction of sp³-hybridized carbons (Fsp3) is 0.538. The van der Waals surface area contributed by atoms with Crippen LogP contribution in [0.2, 0.25) is 0 Å². The molecule has 8 heteroatoms. The predicted molar refractivity (Wildman–Crippen MR) is 82.1 cm³/mol. The fourth-order valence-corrected chi connectivity index (χ4v) is 4.85. The van der Waals surface area contributed by atoms with E-state index in [9.17, 15) is 8.42 Å². The van der Waals surface area contributed by atoms with Crippen molar-refractivity contribution in [3.8, 4) is 0 Å². The van der Waals surface area contributed by atoms with Gasteiger partial charge in [-0.25, -0.2) is 9.97 Å². The van der Waals surface area contributed by atoms with Crippen LogP contribution in [0.15, 0.2) is 11.2 Å². The number of rotatable bonds is 3. The number of hydrogen-bond donors (Lipinski definition) is 1. The topological polar surface area (TPSA) is 76.9 Å². The van der Waals surface area contributed by atoms with Crippen LogP contribution in [0.1, 0.15) is 29.7 Å². The molecule has 3 rings (SSSR count). The molecule has 0 saturated carbocycles. The molecule has 2 heterocycles. The minimum atomic E-state index is -3.66. The van der Waals surface area contributed by atoms with E-state index in [1.54, 1.807) is 18.5 Å². The van der Waals surface area contributed by atoms with E-state index >= 15 is 0 Å². The van der Waals surface area contributed by atoms with Gasteiger partial charge in [-0.1, -0.05) is 6.92 Å². The second kappa shape index (κ2) is 5.10. The third-order valence-electron chi connectivity index (χ3n) is 3.77. The molecule has 2 aromatic heterocycles. The average molecular weight is 326 g/mol. The zero-order valence-corrected chi connectivity index (χ0v) is 13.9. The molecular weight excluding hydrogens is 308 g/mol. The zero-order valence-electron chi connectivity index (χ0n) is 12.3.